The predicted octanol–water partition coefficient (Wildman–Crippen LogP) is 2.66. The second-order valence-corrected chi connectivity index (χ2v) is 8.50. The summed E-state index contributed by atoms with van der Waals surface area (Å²) in [5.74, 6) is 0. The second-order valence-electron chi connectivity index (χ2n) is 5.24. The summed E-state index contributed by atoms with van der Waals surface area (Å²) >= 11 is 1.26. The van der Waals surface area contributed by atoms with E-state index in [9.17, 15) is 8.42 Å². The molecule has 112 valence electrons. The number of anilines is 1. The summed E-state index contributed by atoms with van der Waals surface area (Å²) in [5.41, 5.74) is 8.67. The Hall–Kier alpha value is -1.37. The van der Waals surface area contributed by atoms with Gasteiger partial charge in [-0.2, -0.15) is 0 Å². The van der Waals surface area contributed by atoms with Crippen molar-refractivity contribution in [1.29, 1.82) is 0 Å². The minimum atomic E-state index is -3.48. The van der Waals surface area contributed by atoms with E-state index in [0.29, 0.717) is 17.3 Å². The molecule has 0 bridgehead atoms. The van der Waals surface area contributed by atoms with Crippen molar-refractivity contribution in [1.82, 2.24) is 0 Å². The van der Waals surface area contributed by atoms with Crippen LogP contribution in [-0.4, -0.2) is 15.0 Å². The molecule has 6 heteroatoms. The molecule has 0 amide bonds. The summed E-state index contributed by atoms with van der Waals surface area (Å²) in [6.45, 7) is 2.94. The molecule has 1 aliphatic heterocycles. The third kappa shape index (κ3) is 2.59. The van der Waals surface area contributed by atoms with Crippen LogP contribution in [0.5, 0.6) is 0 Å². The Kier molecular flexibility index (Phi) is 3.77. The van der Waals surface area contributed by atoms with Gasteiger partial charge in [-0.3, -0.25) is 4.31 Å². The van der Waals surface area contributed by atoms with Gasteiger partial charge in [0.25, 0.3) is 10.0 Å². The van der Waals surface area contributed by atoms with Gasteiger partial charge in [0.15, 0.2) is 0 Å². The second kappa shape index (κ2) is 5.44. The normalized spacial score (nSPS) is 15.0. The zero-order chi connectivity index (χ0) is 15.0. The first-order valence-electron chi connectivity index (χ1n) is 6.93. The fraction of sp³-hybridized carbons (Fsp3) is 0.333. The SMILES string of the molecule is Cc1ccc2c(c1)CCCN2S(=O)(=O)c1ccc(CN)s1. The average Bonchev–Trinajstić information content (AvgIpc) is 2.96. The van der Waals surface area contributed by atoms with Crippen LogP contribution in [0.3, 0.4) is 0 Å². The van der Waals surface area contributed by atoms with Crippen molar-refractivity contribution in [3.05, 3.63) is 46.3 Å². The Balaban J connectivity index is 2.05. The van der Waals surface area contributed by atoms with Crippen LogP contribution in [0.15, 0.2) is 34.5 Å². The van der Waals surface area contributed by atoms with Crippen molar-refractivity contribution in [3.63, 3.8) is 0 Å². The van der Waals surface area contributed by atoms with Crippen molar-refractivity contribution in [3.8, 4) is 0 Å². The van der Waals surface area contributed by atoms with E-state index in [1.807, 2.05) is 19.1 Å². The van der Waals surface area contributed by atoms with Gasteiger partial charge in [-0.1, -0.05) is 17.7 Å². The van der Waals surface area contributed by atoms with Gasteiger partial charge in [0.1, 0.15) is 4.21 Å². The fourth-order valence-electron chi connectivity index (χ4n) is 2.66. The number of nitrogens with two attached hydrogens (primary N) is 1. The van der Waals surface area contributed by atoms with Crippen LogP contribution >= 0.6 is 11.3 Å². The highest BCUT2D eigenvalue weighted by molar-refractivity contribution is 7.94. The van der Waals surface area contributed by atoms with Gasteiger partial charge in [-0.05, 0) is 43.5 Å². The Bertz CT molecular complexity index is 766. The lowest BCUT2D eigenvalue weighted by molar-refractivity contribution is 0.588. The molecule has 0 aliphatic carbocycles. The number of hydrogen-bond acceptors (Lipinski definition) is 4. The first-order valence-corrected chi connectivity index (χ1v) is 9.19. The van der Waals surface area contributed by atoms with Crippen molar-refractivity contribution in [2.75, 3.05) is 10.8 Å². The topological polar surface area (TPSA) is 63.4 Å². The summed E-state index contributed by atoms with van der Waals surface area (Å²) in [4.78, 5) is 0.884. The van der Waals surface area contributed by atoms with E-state index < -0.39 is 10.0 Å². The molecule has 0 saturated carbocycles. The van der Waals surface area contributed by atoms with Gasteiger partial charge in [0.2, 0.25) is 0 Å². The van der Waals surface area contributed by atoms with Crippen molar-refractivity contribution in [2.45, 2.75) is 30.5 Å². The van der Waals surface area contributed by atoms with E-state index in [1.165, 1.54) is 15.6 Å². The summed E-state index contributed by atoms with van der Waals surface area (Å²) in [7, 11) is -3.48. The Morgan fingerprint density at radius 2 is 2.10 bits per heavy atom. The standard InChI is InChI=1S/C15H18N2O2S2/c1-11-4-6-14-12(9-11)3-2-8-17(14)21(18,19)15-7-5-13(10-16)20-15/h4-7,9H,2-3,8,10,16H2,1H3. The van der Waals surface area contributed by atoms with Crippen LogP contribution < -0.4 is 10.0 Å². The highest BCUT2D eigenvalue weighted by Crippen LogP contribution is 2.34. The van der Waals surface area contributed by atoms with Crippen LogP contribution in [0.4, 0.5) is 5.69 Å². The number of sulfonamides is 1. The zero-order valence-electron chi connectivity index (χ0n) is 11.9. The smallest absolute Gasteiger partial charge is 0.273 e. The molecule has 0 saturated heterocycles. The minimum absolute atomic E-state index is 0.371. The molecule has 3 rings (SSSR count). The number of nitrogens with zero attached hydrogens (tertiary/aromatic N) is 1. The molecule has 2 heterocycles. The minimum Gasteiger partial charge on any atom is -0.326 e. The van der Waals surface area contributed by atoms with E-state index in [0.717, 1.165) is 34.5 Å². The molecule has 2 N–H and O–H groups in total. The zero-order valence-corrected chi connectivity index (χ0v) is 13.5. The third-order valence-corrected chi connectivity index (χ3v) is 7.08. The van der Waals surface area contributed by atoms with E-state index in [2.05, 4.69) is 6.07 Å². The fourth-order valence-corrected chi connectivity index (χ4v) is 5.55. The van der Waals surface area contributed by atoms with Gasteiger partial charge in [0.05, 0.1) is 5.69 Å². The molecule has 1 aliphatic rings. The van der Waals surface area contributed by atoms with Crippen molar-refractivity contribution in [2.24, 2.45) is 5.73 Å². The van der Waals surface area contributed by atoms with Gasteiger partial charge in [-0.25, -0.2) is 8.42 Å². The largest absolute Gasteiger partial charge is 0.326 e. The Morgan fingerprint density at radius 3 is 2.81 bits per heavy atom. The summed E-state index contributed by atoms with van der Waals surface area (Å²) in [5, 5.41) is 0. The number of aryl methyl sites for hydroxylation is 2. The summed E-state index contributed by atoms with van der Waals surface area (Å²) < 4.78 is 27.6. The van der Waals surface area contributed by atoms with Crippen molar-refractivity contribution >= 4 is 27.0 Å². The molecule has 0 fully saturated rings. The molecule has 21 heavy (non-hydrogen) atoms. The first kappa shape index (κ1) is 14.6. The van der Waals surface area contributed by atoms with E-state index >= 15 is 0 Å². The monoisotopic (exact) mass is 322 g/mol. The van der Waals surface area contributed by atoms with Crippen LogP contribution in [0.1, 0.15) is 22.4 Å². The molecule has 0 unspecified atom stereocenters. The highest BCUT2D eigenvalue weighted by Gasteiger charge is 2.30. The third-order valence-electron chi connectivity index (χ3n) is 3.69. The lowest BCUT2D eigenvalue weighted by Gasteiger charge is -2.30. The van der Waals surface area contributed by atoms with E-state index in [4.69, 9.17) is 5.73 Å². The Labute approximate surface area is 129 Å². The summed E-state index contributed by atoms with van der Waals surface area (Å²) in [6, 6.07) is 9.41. The van der Waals surface area contributed by atoms with Crippen LogP contribution in [0.2, 0.25) is 0 Å². The Morgan fingerprint density at radius 1 is 1.29 bits per heavy atom. The molecule has 0 radical (unpaired) electrons. The van der Waals surface area contributed by atoms with Gasteiger partial charge in [0, 0.05) is 18.0 Å². The predicted molar refractivity (Wildman–Crippen MR) is 86.2 cm³/mol. The van der Waals surface area contributed by atoms with Crippen LogP contribution in [0, 0.1) is 6.92 Å². The average molecular weight is 322 g/mol. The number of rotatable bonds is 3. The summed E-state index contributed by atoms with van der Waals surface area (Å²) in [6.07, 6.45) is 1.78. The molecule has 1 aromatic carbocycles. The van der Waals surface area contributed by atoms with Gasteiger partial charge in [-0.15, -0.1) is 11.3 Å². The molecule has 2 aromatic rings. The van der Waals surface area contributed by atoms with E-state index in [-0.39, 0.29) is 0 Å². The quantitative estimate of drug-likeness (QED) is 0.945. The van der Waals surface area contributed by atoms with Crippen molar-refractivity contribution < 1.29 is 8.42 Å². The molecule has 4 nitrogen and oxygen atoms in total. The van der Waals surface area contributed by atoms with E-state index in [1.54, 1.807) is 12.1 Å². The maximum atomic E-state index is 12.9. The van der Waals surface area contributed by atoms with Gasteiger partial charge < -0.3 is 5.73 Å². The first-order chi connectivity index (χ1) is 10.0. The molecular formula is C15H18N2O2S2. The number of hydrogen-bond donors (Lipinski definition) is 1. The number of thiophene rings is 1. The maximum Gasteiger partial charge on any atom is 0.273 e. The van der Waals surface area contributed by atoms with Crippen LogP contribution in [-0.2, 0) is 23.0 Å². The molecule has 0 atom stereocenters. The number of fused-ring (bicyclic) bond motifs is 1. The maximum absolute atomic E-state index is 12.9. The molecule has 0 spiro atoms. The van der Waals surface area contributed by atoms with Crippen LogP contribution in [0.25, 0.3) is 0 Å². The lowest BCUT2D eigenvalue weighted by atomic mass is 10.0. The van der Waals surface area contributed by atoms with Gasteiger partial charge >= 0.3 is 0 Å². The molecular weight excluding hydrogens is 304 g/mol. The molecule has 1 aromatic heterocycles. The highest BCUT2D eigenvalue weighted by atomic mass is 32.2. The number of benzene rings is 1. The lowest BCUT2D eigenvalue weighted by Crippen LogP contribution is -2.35.